The number of hydrogen-bond donors (Lipinski definition) is 1. The van der Waals surface area contributed by atoms with Crippen molar-refractivity contribution < 1.29 is 4.39 Å². The topological polar surface area (TPSA) is 30.9 Å². The number of aryl methyl sites for hydroxylation is 1. The Labute approximate surface area is 88.5 Å². The molecule has 0 aliphatic carbocycles. The molecule has 0 unspecified atom stereocenters. The van der Waals surface area contributed by atoms with E-state index in [1.165, 1.54) is 6.07 Å². The molecule has 2 N–H and O–H groups in total. The monoisotopic (exact) mass is 206 g/mol. The number of nitrogens with two attached hydrogens (primary N) is 1. The van der Waals surface area contributed by atoms with E-state index >= 15 is 0 Å². The Morgan fingerprint density at radius 2 is 2.13 bits per heavy atom. The average molecular weight is 206 g/mol. The highest BCUT2D eigenvalue weighted by molar-refractivity contribution is 5.86. The summed E-state index contributed by atoms with van der Waals surface area (Å²) in [7, 11) is 1.89. The van der Waals surface area contributed by atoms with Gasteiger partial charge in [-0.3, -0.25) is 0 Å². The summed E-state index contributed by atoms with van der Waals surface area (Å²) < 4.78 is 15.6. The average Bonchev–Trinajstić information content (AvgIpc) is 2.52. The lowest BCUT2D eigenvalue weighted by Crippen LogP contribution is -2.02. The van der Waals surface area contributed by atoms with Crippen LogP contribution in [0.15, 0.2) is 18.2 Å². The fourth-order valence-corrected chi connectivity index (χ4v) is 2.27. The second kappa shape index (κ2) is 3.66. The summed E-state index contributed by atoms with van der Waals surface area (Å²) >= 11 is 0. The first kappa shape index (κ1) is 10.2. The van der Waals surface area contributed by atoms with Crippen molar-refractivity contribution in [1.29, 1.82) is 0 Å². The molecule has 0 aliphatic rings. The van der Waals surface area contributed by atoms with Crippen molar-refractivity contribution in [2.45, 2.75) is 19.9 Å². The zero-order valence-electron chi connectivity index (χ0n) is 9.05. The largest absolute Gasteiger partial charge is 0.345 e. The third-order valence-electron chi connectivity index (χ3n) is 2.94. The molecule has 0 bridgehead atoms. The Balaban J connectivity index is 2.91. The summed E-state index contributed by atoms with van der Waals surface area (Å²) in [5.74, 6) is -0.176. The Bertz CT molecular complexity index is 500. The highest BCUT2D eigenvalue weighted by atomic mass is 19.1. The Morgan fingerprint density at radius 1 is 1.40 bits per heavy atom. The highest BCUT2D eigenvalue weighted by Gasteiger charge is 2.14. The number of halogens is 1. The SMILES string of the molecule is CCc1c(CN)c2cccc(F)c2n1C. The van der Waals surface area contributed by atoms with E-state index < -0.39 is 0 Å². The molecule has 1 aromatic heterocycles. The number of benzene rings is 1. The van der Waals surface area contributed by atoms with Gasteiger partial charge in [0.05, 0.1) is 5.52 Å². The van der Waals surface area contributed by atoms with E-state index in [-0.39, 0.29) is 5.82 Å². The van der Waals surface area contributed by atoms with E-state index in [0.717, 1.165) is 23.1 Å². The lowest BCUT2D eigenvalue weighted by atomic mass is 10.1. The summed E-state index contributed by atoms with van der Waals surface area (Å²) in [5.41, 5.74) is 8.57. The number of rotatable bonds is 2. The summed E-state index contributed by atoms with van der Waals surface area (Å²) in [4.78, 5) is 0. The fraction of sp³-hybridized carbons (Fsp3) is 0.333. The molecule has 0 spiro atoms. The van der Waals surface area contributed by atoms with Gasteiger partial charge in [0.2, 0.25) is 0 Å². The maximum atomic E-state index is 13.7. The number of aromatic nitrogens is 1. The molecule has 2 rings (SSSR count). The van der Waals surface area contributed by atoms with E-state index in [1.807, 2.05) is 17.7 Å². The predicted octanol–water partition coefficient (Wildman–Crippen LogP) is 2.34. The van der Waals surface area contributed by atoms with E-state index in [0.29, 0.717) is 12.1 Å². The normalized spacial score (nSPS) is 11.2. The molecular formula is C12H15FN2. The molecule has 0 fully saturated rings. The lowest BCUT2D eigenvalue weighted by molar-refractivity contribution is 0.630. The summed E-state index contributed by atoms with van der Waals surface area (Å²) in [6.45, 7) is 2.52. The van der Waals surface area contributed by atoms with Crippen molar-refractivity contribution in [3.8, 4) is 0 Å². The van der Waals surface area contributed by atoms with E-state index in [4.69, 9.17) is 5.73 Å². The maximum Gasteiger partial charge on any atom is 0.147 e. The van der Waals surface area contributed by atoms with Crippen LogP contribution in [0.4, 0.5) is 4.39 Å². The molecule has 2 nitrogen and oxygen atoms in total. The minimum Gasteiger partial charge on any atom is -0.345 e. The molecule has 0 atom stereocenters. The third-order valence-corrected chi connectivity index (χ3v) is 2.94. The van der Waals surface area contributed by atoms with Gasteiger partial charge in [-0.05, 0) is 18.1 Å². The third kappa shape index (κ3) is 1.35. The van der Waals surface area contributed by atoms with Crippen LogP contribution in [0.5, 0.6) is 0 Å². The molecule has 0 aliphatic heterocycles. The fourth-order valence-electron chi connectivity index (χ4n) is 2.27. The van der Waals surface area contributed by atoms with Crippen LogP contribution >= 0.6 is 0 Å². The van der Waals surface area contributed by atoms with Gasteiger partial charge >= 0.3 is 0 Å². The van der Waals surface area contributed by atoms with E-state index in [2.05, 4.69) is 6.92 Å². The molecule has 0 radical (unpaired) electrons. The molecule has 15 heavy (non-hydrogen) atoms. The molecule has 3 heteroatoms. The standard InChI is InChI=1S/C12H15FN2/c1-3-11-9(7-14)8-5-4-6-10(13)12(8)15(11)2/h4-6H,3,7,14H2,1-2H3. The summed E-state index contributed by atoms with van der Waals surface area (Å²) in [5, 5.41) is 0.942. The van der Waals surface area contributed by atoms with Gasteiger partial charge in [0.25, 0.3) is 0 Å². The van der Waals surface area contributed by atoms with Crippen LogP contribution in [0.1, 0.15) is 18.2 Å². The van der Waals surface area contributed by atoms with Crippen LogP contribution < -0.4 is 5.73 Å². The van der Waals surface area contributed by atoms with Gasteiger partial charge in [0.1, 0.15) is 5.82 Å². The molecule has 1 aromatic carbocycles. The minimum atomic E-state index is -0.176. The first-order chi connectivity index (χ1) is 7.20. The van der Waals surface area contributed by atoms with E-state index in [1.54, 1.807) is 6.07 Å². The minimum absolute atomic E-state index is 0.176. The summed E-state index contributed by atoms with van der Waals surface area (Å²) in [6, 6.07) is 5.15. The predicted molar refractivity (Wildman–Crippen MR) is 60.1 cm³/mol. The van der Waals surface area contributed by atoms with Gasteiger partial charge in [-0.25, -0.2) is 4.39 Å². The molecule has 0 amide bonds. The second-order valence-corrected chi connectivity index (χ2v) is 3.68. The van der Waals surface area contributed by atoms with Gasteiger partial charge < -0.3 is 10.3 Å². The number of hydrogen-bond acceptors (Lipinski definition) is 1. The van der Waals surface area contributed by atoms with Gasteiger partial charge in [-0.15, -0.1) is 0 Å². The smallest absolute Gasteiger partial charge is 0.147 e. The van der Waals surface area contributed by atoms with Crippen molar-refractivity contribution >= 4 is 10.9 Å². The highest BCUT2D eigenvalue weighted by Crippen LogP contribution is 2.27. The van der Waals surface area contributed by atoms with Crippen molar-refractivity contribution in [3.05, 3.63) is 35.3 Å². The molecule has 0 saturated heterocycles. The Kier molecular flexibility index (Phi) is 2.49. The van der Waals surface area contributed by atoms with Crippen LogP contribution in [-0.2, 0) is 20.0 Å². The lowest BCUT2D eigenvalue weighted by Gasteiger charge is -2.02. The number of fused-ring (bicyclic) bond motifs is 1. The second-order valence-electron chi connectivity index (χ2n) is 3.68. The molecule has 80 valence electrons. The van der Waals surface area contributed by atoms with E-state index in [9.17, 15) is 4.39 Å². The van der Waals surface area contributed by atoms with Crippen molar-refractivity contribution in [1.82, 2.24) is 4.57 Å². The number of para-hydroxylation sites is 1. The molecule has 1 heterocycles. The van der Waals surface area contributed by atoms with Crippen LogP contribution in [0.25, 0.3) is 10.9 Å². The van der Waals surface area contributed by atoms with Crippen molar-refractivity contribution in [2.75, 3.05) is 0 Å². The van der Waals surface area contributed by atoms with Crippen molar-refractivity contribution in [3.63, 3.8) is 0 Å². The van der Waals surface area contributed by atoms with Crippen molar-refractivity contribution in [2.24, 2.45) is 12.8 Å². The van der Waals surface area contributed by atoms with Crippen LogP contribution in [0.3, 0.4) is 0 Å². The van der Waals surface area contributed by atoms with Gasteiger partial charge in [-0.2, -0.15) is 0 Å². The molecule has 2 aromatic rings. The van der Waals surface area contributed by atoms with Crippen LogP contribution in [-0.4, -0.2) is 4.57 Å². The first-order valence-electron chi connectivity index (χ1n) is 5.15. The summed E-state index contributed by atoms with van der Waals surface area (Å²) in [6.07, 6.45) is 0.872. The molecule has 0 saturated carbocycles. The zero-order valence-corrected chi connectivity index (χ0v) is 9.05. The molecular weight excluding hydrogens is 191 g/mol. The Hall–Kier alpha value is -1.35. The van der Waals surface area contributed by atoms with Crippen LogP contribution in [0.2, 0.25) is 0 Å². The maximum absolute atomic E-state index is 13.7. The quantitative estimate of drug-likeness (QED) is 0.803. The van der Waals surface area contributed by atoms with Gasteiger partial charge in [0.15, 0.2) is 0 Å². The van der Waals surface area contributed by atoms with Gasteiger partial charge in [-0.1, -0.05) is 19.1 Å². The first-order valence-corrected chi connectivity index (χ1v) is 5.15. The zero-order chi connectivity index (χ0) is 11.0. The number of nitrogens with zero attached hydrogens (tertiary/aromatic N) is 1. The van der Waals surface area contributed by atoms with Crippen LogP contribution in [0, 0.1) is 5.82 Å². The van der Waals surface area contributed by atoms with Gasteiger partial charge in [0, 0.05) is 24.7 Å². The Morgan fingerprint density at radius 3 is 2.73 bits per heavy atom.